The van der Waals surface area contributed by atoms with E-state index in [1.807, 2.05) is 0 Å². The highest BCUT2D eigenvalue weighted by atomic mass is 32.1. The predicted molar refractivity (Wildman–Crippen MR) is 38.2 cm³/mol. The highest BCUT2D eigenvalue weighted by molar-refractivity contribution is 7.12. The van der Waals surface area contributed by atoms with Crippen LogP contribution in [0.2, 0.25) is 0 Å². The van der Waals surface area contributed by atoms with Crippen molar-refractivity contribution in [1.29, 1.82) is 0 Å². The summed E-state index contributed by atoms with van der Waals surface area (Å²) in [7, 11) is 0. The summed E-state index contributed by atoms with van der Waals surface area (Å²) in [4.78, 5) is 2.59. The van der Waals surface area contributed by atoms with E-state index in [0.717, 1.165) is 6.42 Å². The second-order valence-electron chi connectivity index (χ2n) is 1.72. The van der Waals surface area contributed by atoms with Gasteiger partial charge in [0.25, 0.3) is 0 Å². The van der Waals surface area contributed by atoms with E-state index in [1.54, 1.807) is 11.3 Å². The van der Waals surface area contributed by atoms with Crippen molar-refractivity contribution in [3.05, 3.63) is 28.8 Å². The van der Waals surface area contributed by atoms with E-state index in [4.69, 9.17) is 0 Å². The van der Waals surface area contributed by atoms with Crippen molar-refractivity contribution < 1.29 is 0 Å². The summed E-state index contributed by atoms with van der Waals surface area (Å²) in [6, 6.07) is 4.19. The minimum Gasteiger partial charge on any atom is -0.145 e. The van der Waals surface area contributed by atoms with Crippen LogP contribution in [-0.4, -0.2) is 0 Å². The van der Waals surface area contributed by atoms with Crippen LogP contribution in [0, 0.1) is 6.92 Å². The van der Waals surface area contributed by atoms with Gasteiger partial charge in [-0.15, -0.1) is 11.3 Å². The number of hydrogen-bond donors (Lipinski definition) is 0. The molecule has 1 heteroatoms. The van der Waals surface area contributed by atoms with Gasteiger partial charge in [-0.05, 0) is 25.5 Å². The third-order valence-electron chi connectivity index (χ3n) is 1.07. The van der Waals surface area contributed by atoms with E-state index >= 15 is 0 Å². The number of aryl methyl sites for hydroxylation is 1. The van der Waals surface area contributed by atoms with Gasteiger partial charge in [0.1, 0.15) is 0 Å². The third-order valence-corrected chi connectivity index (χ3v) is 2.15. The van der Waals surface area contributed by atoms with E-state index in [1.165, 1.54) is 9.75 Å². The van der Waals surface area contributed by atoms with Gasteiger partial charge < -0.3 is 0 Å². The summed E-state index contributed by atoms with van der Waals surface area (Å²) in [5.41, 5.74) is 0. The van der Waals surface area contributed by atoms with Crippen LogP contribution in [0.5, 0.6) is 0 Å². The summed E-state index contributed by atoms with van der Waals surface area (Å²) >= 11 is 1.78. The van der Waals surface area contributed by atoms with Crippen LogP contribution in [0.25, 0.3) is 0 Å². The molecule has 0 aliphatic heterocycles. The fraction of sp³-hybridized carbons (Fsp3) is 0.286. The molecule has 0 N–H and O–H groups in total. The van der Waals surface area contributed by atoms with Crippen LogP contribution in [0.3, 0.4) is 0 Å². The van der Waals surface area contributed by atoms with Crippen molar-refractivity contribution in [2.75, 3.05) is 0 Å². The lowest BCUT2D eigenvalue weighted by molar-refractivity contribution is 1.19. The van der Waals surface area contributed by atoms with Crippen molar-refractivity contribution in [3.8, 4) is 0 Å². The van der Waals surface area contributed by atoms with Gasteiger partial charge in [-0.1, -0.05) is 6.92 Å². The highest BCUT2D eigenvalue weighted by Gasteiger charge is 1.89. The van der Waals surface area contributed by atoms with Crippen molar-refractivity contribution >= 4 is 11.3 Å². The van der Waals surface area contributed by atoms with E-state index in [2.05, 4.69) is 26.0 Å². The first-order valence-electron chi connectivity index (χ1n) is 2.73. The zero-order valence-electron chi connectivity index (χ0n) is 4.98. The number of thiophene rings is 1. The van der Waals surface area contributed by atoms with Gasteiger partial charge in [-0.25, -0.2) is 0 Å². The molecule has 0 aliphatic carbocycles. The lowest BCUT2D eigenvalue weighted by Gasteiger charge is -1.80. The Bertz CT molecular complexity index is 165. The Morgan fingerprint density at radius 3 is 2.62 bits per heavy atom. The zero-order valence-corrected chi connectivity index (χ0v) is 5.79. The molecule has 8 heavy (non-hydrogen) atoms. The second kappa shape index (κ2) is 2.31. The average molecular weight is 125 g/mol. The smallest absolute Gasteiger partial charge is 0.00517 e. The monoisotopic (exact) mass is 125 g/mol. The molecule has 0 nitrogen and oxygen atoms in total. The van der Waals surface area contributed by atoms with Gasteiger partial charge >= 0.3 is 0 Å². The quantitative estimate of drug-likeness (QED) is 0.541. The zero-order chi connectivity index (χ0) is 5.98. The molecule has 0 spiro atoms. The molecule has 0 atom stereocenters. The molecule has 0 amide bonds. The molecule has 0 unspecified atom stereocenters. The van der Waals surface area contributed by atoms with Crippen LogP contribution in [0.1, 0.15) is 16.7 Å². The molecule has 0 fully saturated rings. The minimum absolute atomic E-state index is 1.14. The normalized spacial score (nSPS) is 9.75. The van der Waals surface area contributed by atoms with E-state index < -0.39 is 0 Å². The van der Waals surface area contributed by atoms with Crippen molar-refractivity contribution in [2.24, 2.45) is 0 Å². The van der Waals surface area contributed by atoms with Gasteiger partial charge in [-0.2, -0.15) is 0 Å². The molecule has 0 aliphatic rings. The van der Waals surface area contributed by atoms with Crippen molar-refractivity contribution in [2.45, 2.75) is 13.3 Å². The topological polar surface area (TPSA) is 0 Å². The van der Waals surface area contributed by atoms with Gasteiger partial charge in [0, 0.05) is 9.75 Å². The van der Waals surface area contributed by atoms with Crippen molar-refractivity contribution in [1.82, 2.24) is 0 Å². The van der Waals surface area contributed by atoms with Gasteiger partial charge in [0.15, 0.2) is 0 Å². The first-order chi connectivity index (χ1) is 3.83. The molecular formula is C7H9S. The average Bonchev–Trinajstić information content (AvgIpc) is 2.14. The first-order valence-corrected chi connectivity index (χ1v) is 3.55. The first kappa shape index (κ1) is 5.83. The van der Waals surface area contributed by atoms with Crippen molar-refractivity contribution in [3.63, 3.8) is 0 Å². The fourth-order valence-electron chi connectivity index (χ4n) is 0.612. The maximum atomic E-state index is 3.81. The molecule has 1 radical (unpaired) electrons. The summed E-state index contributed by atoms with van der Waals surface area (Å²) in [5.74, 6) is 0. The van der Waals surface area contributed by atoms with Gasteiger partial charge in [-0.3, -0.25) is 0 Å². The molecular weight excluding hydrogens is 116 g/mol. The SMILES string of the molecule is [CH2]c1ccc(CC)s1. The van der Waals surface area contributed by atoms with Crippen LogP contribution in [0.15, 0.2) is 12.1 Å². The molecule has 1 rings (SSSR count). The Morgan fingerprint density at radius 2 is 2.38 bits per heavy atom. The summed E-state index contributed by atoms with van der Waals surface area (Å²) in [5, 5.41) is 0. The Balaban J connectivity index is 2.84. The molecule has 0 aromatic carbocycles. The molecule has 1 heterocycles. The molecule has 0 saturated carbocycles. The van der Waals surface area contributed by atoms with E-state index in [-0.39, 0.29) is 0 Å². The van der Waals surface area contributed by atoms with E-state index in [9.17, 15) is 0 Å². The molecule has 0 saturated heterocycles. The van der Waals surface area contributed by atoms with Gasteiger partial charge in [0.2, 0.25) is 0 Å². The molecule has 1 aromatic rings. The Morgan fingerprint density at radius 1 is 1.62 bits per heavy atom. The molecule has 1 aromatic heterocycles. The third kappa shape index (κ3) is 1.10. The Labute approximate surface area is 54.2 Å². The summed E-state index contributed by atoms with van der Waals surface area (Å²) in [6.45, 7) is 5.97. The van der Waals surface area contributed by atoms with Crippen LogP contribution < -0.4 is 0 Å². The minimum atomic E-state index is 1.14. The van der Waals surface area contributed by atoms with Crippen LogP contribution in [0.4, 0.5) is 0 Å². The Hall–Kier alpha value is -0.300. The number of rotatable bonds is 1. The predicted octanol–water partition coefficient (Wildman–Crippen LogP) is 2.49. The largest absolute Gasteiger partial charge is 0.145 e. The maximum absolute atomic E-state index is 3.81. The maximum Gasteiger partial charge on any atom is 0.00517 e. The summed E-state index contributed by atoms with van der Waals surface area (Å²) < 4.78 is 0. The molecule has 43 valence electrons. The van der Waals surface area contributed by atoms with E-state index in [0.29, 0.717) is 0 Å². The van der Waals surface area contributed by atoms with Crippen LogP contribution in [-0.2, 0) is 6.42 Å². The van der Waals surface area contributed by atoms with Crippen LogP contribution >= 0.6 is 11.3 Å². The molecule has 0 bridgehead atoms. The lowest BCUT2D eigenvalue weighted by Crippen LogP contribution is -1.63. The van der Waals surface area contributed by atoms with Gasteiger partial charge in [0.05, 0.1) is 0 Å². The Kier molecular flexibility index (Phi) is 1.69. The lowest BCUT2D eigenvalue weighted by atomic mass is 10.4. The fourth-order valence-corrected chi connectivity index (χ4v) is 1.37. The second-order valence-corrected chi connectivity index (χ2v) is 2.97. The highest BCUT2D eigenvalue weighted by Crippen LogP contribution is 2.14. The standard InChI is InChI=1S/C7H9S/c1-3-7-5-4-6(2)8-7/h4-5H,2-3H2,1H3. The number of hydrogen-bond acceptors (Lipinski definition) is 1. The summed E-state index contributed by atoms with van der Waals surface area (Å²) in [6.07, 6.45) is 1.14.